The van der Waals surface area contributed by atoms with E-state index in [1.165, 1.54) is 12.4 Å². The van der Waals surface area contributed by atoms with Crippen molar-refractivity contribution in [1.29, 1.82) is 0 Å². The van der Waals surface area contributed by atoms with E-state index in [0.717, 1.165) is 26.1 Å². The molecule has 2 aromatic rings. The summed E-state index contributed by atoms with van der Waals surface area (Å²) in [4.78, 5) is 8.28. The summed E-state index contributed by atoms with van der Waals surface area (Å²) >= 11 is 0. The van der Waals surface area contributed by atoms with Gasteiger partial charge in [-0.2, -0.15) is 0 Å². The number of hydrogen-bond donors (Lipinski definition) is 1. The van der Waals surface area contributed by atoms with Crippen LogP contribution in [0, 0.1) is 11.7 Å². The highest BCUT2D eigenvalue weighted by atomic mass is 19.1. The quantitative estimate of drug-likeness (QED) is 0.918. The van der Waals surface area contributed by atoms with E-state index >= 15 is 0 Å². The van der Waals surface area contributed by atoms with Crippen molar-refractivity contribution in [3.8, 4) is 17.1 Å². The summed E-state index contributed by atoms with van der Waals surface area (Å²) in [7, 11) is 0. The van der Waals surface area contributed by atoms with E-state index in [-0.39, 0.29) is 12.2 Å². The summed E-state index contributed by atoms with van der Waals surface area (Å²) in [5.41, 5.74) is 1.17. The second-order valence-corrected chi connectivity index (χ2v) is 5.56. The van der Waals surface area contributed by atoms with Gasteiger partial charge in [-0.3, -0.25) is 0 Å². The van der Waals surface area contributed by atoms with Gasteiger partial charge in [0.25, 0.3) is 0 Å². The monoisotopic (exact) mass is 318 g/mol. The van der Waals surface area contributed by atoms with E-state index in [1.54, 1.807) is 18.2 Å². The molecular formula is C17H19FN2O3. The SMILES string of the molecule is OCc1cccc(-c2cnc(OCC3CCOCC3)nc2)c1F. The molecule has 1 aromatic heterocycles. The van der Waals surface area contributed by atoms with Gasteiger partial charge in [-0.15, -0.1) is 0 Å². The van der Waals surface area contributed by atoms with Crippen LogP contribution in [0.25, 0.3) is 11.1 Å². The molecule has 0 unspecified atom stereocenters. The molecule has 0 atom stereocenters. The largest absolute Gasteiger partial charge is 0.463 e. The van der Waals surface area contributed by atoms with Crippen molar-refractivity contribution in [3.63, 3.8) is 0 Å². The van der Waals surface area contributed by atoms with Gasteiger partial charge in [-0.25, -0.2) is 14.4 Å². The minimum atomic E-state index is -0.450. The highest BCUT2D eigenvalue weighted by Gasteiger charge is 2.15. The summed E-state index contributed by atoms with van der Waals surface area (Å²) in [5.74, 6) is 0.0141. The van der Waals surface area contributed by atoms with Crippen LogP contribution >= 0.6 is 0 Å². The van der Waals surface area contributed by atoms with Crippen molar-refractivity contribution in [3.05, 3.63) is 42.0 Å². The Morgan fingerprint density at radius 1 is 1.22 bits per heavy atom. The van der Waals surface area contributed by atoms with Gasteiger partial charge in [0.05, 0.1) is 13.2 Å². The summed E-state index contributed by atoms with van der Waals surface area (Å²) in [6.45, 7) is 1.77. The Morgan fingerprint density at radius 3 is 2.65 bits per heavy atom. The molecule has 6 heteroatoms. The molecule has 2 heterocycles. The van der Waals surface area contributed by atoms with Crippen LogP contribution in [-0.2, 0) is 11.3 Å². The van der Waals surface area contributed by atoms with Gasteiger partial charge in [0.2, 0.25) is 0 Å². The van der Waals surface area contributed by atoms with Crippen LogP contribution in [0.4, 0.5) is 4.39 Å². The number of aliphatic hydroxyl groups excluding tert-OH is 1. The molecule has 23 heavy (non-hydrogen) atoms. The molecule has 1 saturated heterocycles. The van der Waals surface area contributed by atoms with Crippen LogP contribution in [0.15, 0.2) is 30.6 Å². The number of nitrogens with zero attached hydrogens (tertiary/aromatic N) is 2. The van der Waals surface area contributed by atoms with Crippen molar-refractivity contribution in [2.24, 2.45) is 5.92 Å². The first-order valence-corrected chi connectivity index (χ1v) is 7.69. The maximum Gasteiger partial charge on any atom is 0.316 e. The summed E-state index contributed by atoms with van der Waals surface area (Å²) in [6, 6.07) is 5.17. The molecular weight excluding hydrogens is 299 g/mol. The van der Waals surface area contributed by atoms with E-state index in [2.05, 4.69) is 9.97 Å². The van der Waals surface area contributed by atoms with Crippen LogP contribution in [-0.4, -0.2) is 34.9 Å². The van der Waals surface area contributed by atoms with Crippen LogP contribution < -0.4 is 4.74 Å². The number of aliphatic hydroxyl groups is 1. The summed E-state index contributed by atoms with van der Waals surface area (Å²) in [6.07, 6.45) is 5.03. The van der Waals surface area contributed by atoms with E-state index < -0.39 is 5.82 Å². The van der Waals surface area contributed by atoms with Crippen molar-refractivity contribution in [2.45, 2.75) is 19.4 Å². The predicted molar refractivity (Wildman–Crippen MR) is 82.4 cm³/mol. The van der Waals surface area contributed by atoms with Gasteiger partial charge < -0.3 is 14.6 Å². The minimum Gasteiger partial charge on any atom is -0.463 e. The van der Waals surface area contributed by atoms with Crippen molar-refractivity contribution in [2.75, 3.05) is 19.8 Å². The van der Waals surface area contributed by atoms with Crippen molar-refractivity contribution in [1.82, 2.24) is 9.97 Å². The number of hydrogen-bond acceptors (Lipinski definition) is 5. The Labute approximate surface area is 134 Å². The highest BCUT2D eigenvalue weighted by molar-refractivity contribution is 5.63. The Balaban J connectivity index is 1.67. The van der Waals surface area contributed by atoms with Gasteiger partial charge in [0.1, 0.15) is 5.82 Å². The van der Waals surface area contributed by atoms with Gasteiger partial charge >= 0.3 is 6.01 Å². The zero-order valence-electron chi connectivity index (χ0n) is 12.7. The topological polar surface area (TPSA) is 64.5 Å². The van der Waals surface area contributed by atoms with Gasteiger partial charge in [-0.1, -0.05) is 18.2 Å². The standard InChI is InChI=1S/C17H19FN2O3/c18-16-13(10-21)2-1-3-15(16)14-8-19-17(20-9-14)23-11-12-4-6-22-7-5-12/h1-3,8-9,12,21H,4-7,10-11H2. The van der Waals surface area contributed by atoms with Gasteiger partial charge in [0.15, 0.2) is 0 Å². The fourth-order valence-corrected chi connectivity index (χ4v) is 2.56. The molecule has 1 aromatic carbocycles. The second-order valence-electron chi connectivity index (χ2n) is 5.56. The lowest BCUT2D eigenvalue weighted by atomic mass is 10.0. The molecule has 1 N–H and O–H groups in total. The molecule has 0 amide bonds. The Kier molecular flexibility index (Phi) is 5.15. The first kappa shape index (κ1) is 15.8. The van der Waals surface area contributed by atoms with Crippen LogP contribution in [0.5, 0.6) is 6.01 Å². The van der Waals surface area contributed by atoms with Crippen LogP contribution in [0.2, 0.25) is 0 Å². The third-order valence-electron chi connectivity index (χ3n) is 3.98. The lowest BCUT2D eigenvalue weighted by molar-refractivity contribution is 0.0482. The van der Waals surface area contributed by atoms with E-state index in [0.29, 0.717) is 29.7 Å². The zero-order chi connectivity index (χ0) is 16.1. The first-order chi connectivity index (χ1) is 11.3. The third-order valence-corrected chi connectivity index (χ3v) is 3.98. The molecule has 1 fully saturated rings. The molecule has 0 saturated carbocycles. The Hall–Kier alpha value is -2.05. The van der Waals surface area contributed by atoms with Crippen molar-refractivity contribution < 1.29 is 19.0 Å². The molecule has 3 rings (SSSR count). The molecule has 5 nitrogen and oxygen atoms in total. The van der Waals surface area contributed by atoms with Crippen LogP contribution in [0.1, 0.15) is 18.4 Å². The molecule has 1 aliphatic heterocycles. The number of benzene rings is 1. The zero-order valence-corrected chi connectivity index (χ0v) is 12.7. The third kappa shape index (κ3) is 3.83. The van der Waals surface area contributed by atoms with E-state index in [9.17, 15) is 4.39 Å². The molecule has 1 aliphatic rings. The average molecular weight is 318 g/mol. The minimum absolute atomic E-state index is 0.252. The fourth-order valence-electron chi connectivity index (χ4n) is 2.56. The van der Waals surface area contributed by atoms with Crippen LogP contribution in [0.3, 0.4) is 0 Å². The number of aromatic nitrogens is 2. The number of rotatable bonds is 5. The lowest BCUT2D eigenvalue weighted by Gasteiger charge is -2.21. The first-order valence-electron chi connectivity index (χ1n) is 7.69. The summed E-state index contributed by atoms with van der Waals surface area (Å²) < 4.78 is 25.1. The van der Waals surface area contributed by atoms with Crippen molar-refractivity contribution >= 4 is 0 Å². The number of halogens is 1. The second kappa shape index (κ2) is 7.48. The Morgan fingerprint density at radius 2 is 1.96 bits per heavy atom. The van der Waals surface area contributed by atoms with E-state index in [1.807, 2.05) is 0 Å². The highest BCUT2D eigenvalue weighted by Crippen LogP contribution is 2.25. The average Bonchev–Trinajstić information content (AvgIpc) is 2.62. The maximum absolute atomic E-state index is 14.2. The Bertz CT molecular complexity index is 643. The maximum atomic E-state index is 14.2. The normalized spacial score (nSPS) is 15.6. The fraction of sp³-hybridized carbons (Fsp3) is 0.412. The van der Waals surface area contributed by atoms with E-state index in [4.69, 9.17) is 14.6 Å². The van der Waals surface area contributed by atoms with Gasteiger partial charge in [0, 0.05) is 42.3 Å². The predicted octanol–water partition coefficient (Wildman–Crippen LogP) is 2.58. The molecule has 122 valence electrons. The van der Waals surface area contributed by atoms with Gasteiger partial charge in [-0.05, 0) is 18.8 Å². The smallest absolute Gasteiger partial charge is 0.316 e. The lowest BCUT2D eigenvalue weighted by Crippen LogP contribution is -2.21. The summed E-state index contributed by atoms with van der Waals surface area (Å²) in [5, 5.41) is 9.13. The molecule has 0 radical (unpaired) electrons. The molecule has 0 bridgehead atoms. The number of ether oxygens (including phenoxy) is 2. The molecule has 0 aliphatic carbocycles. The molecule has 0 spiro atoms.